The summed E-state index contributed by atoms with van der Waals surface area (Å²) >= 11 is 6.21. The van der Waals surface area contributed by atoms with Crippen LogP contribution in [0.3, 0.4) is 0 Å². The van der Waals surface area contributed by atoms with Gasteiger partial charge in [-0.25, -0.2) is 0 Å². The van der Waals surface area contributed by atoms with Crippen LogP contribution in [0.4, 0.5) is 0 Å². The van der Waals surface area contributed by atoms with Crippen molar-refractivity contribution in [1.29, 1.82) is 0 Å². The van der Waals surface area contributed by atoms with E-state index in [-0.39, 0.29) is 29.0 Å². The molecule has 2 aromatic rings. The van der Waals surface area contributed by atoms with Crippen LogP contribution in [0.1, 0.15) is 40.7 Å². The topological polar surface area (TPSA) is 93.9 Å². The molecule has 0 aromatic heterocycles. The number of hydrogen-bond donors (Lipinski definition) is 2. The molecule has 0 radical (unpaired) electrons. The largest absolute Gasteiger partial charge is 0.493 e. The molecule has 0 bridgehead atoms. The lowest BCUT2D eigenvalue weighted by Gasteiger charge is -2.26. The van der Waals surface area contributed by atoms with Crippen molar-refractivity contribution in [3.05, 3.63) is 58.1 Å². The van der Waals surface area contributed by atoms with E-state index in [1.54, 1.807) is 0 Å². The standard InChI is InChI=1S/C23H28ClN3O4/c1-30-20-12-18(11-19(24)22(20)31-15-21(25)28)23(29)26-13-16-5-7-17(8-6-16)14-27-9-3-2-4-10-27/h5-8,11-12H,2-4,9-10,13-15H2,1H3,(H2,25,28)(H,26,29). The summed E-state index contributed by atoms with van der Waals surface area (Å²) in [5.74, 6) is -0.509. The molecule has 7 nitrogen and oxygen atoms in total. The van der Waals surface area contributed by atoms with Crippen LogP contribution in [0.25, 0.3) is 0 Å². The predicted molar refractivity (Wildman–Crippen MR) is 119 cm³/mol. The molecular weight excluding hydrogens is 418 g/mol. The molecule has 2 aromatic carbocycles. The molecule has 2 amide bonds. The Kier molecular flexibility index (Phi) is 8.14. The molecule has 1 aliphatic heterocycles. The smallest absolute Gasteiger partial charge is 0.255 e. The predicted octanol–water partition coefficient (Wildman–Crippen LogP) is 3.13. The van der Waals surface area contributed by atoms with E-state index in [0.29, 0.717) is 12.1 Å². The van der Waals surface area contributed by atoms with Crippen LogP contribution in [0.5, 0.6) is 11.5 Å². The van der Waals surface area contributed by atoms with Gasteiger partial charge in [0.15, 0.2) is 18.1 Å². The molecule has 3 N–H and O–H groups in total. The highest BCUT2D eigenvalue weighted by atomic mass is 35.5. The number of amides is 2. The molecule has 0 unspecified atom stereocenters. The second-order valence-electron chi connectivity index (χ2n) is 7.58. The first-order valence-electron chi connectivity index (χ1n) is 10.3. The summed E-state index contributed by atoms with van der Waals surface area (Å²) in [7, 11) is 1.43. The third-order valence-electron chi connectivity index (χ3n) is 5.18. The number of methoxy groups -OCH3 is 1. The Hall–Kier alpha value is -2.77. The van der Waals surface area contributed by atoms with Crippen molar-refractivity contribution in [2.24, 2.45) is 5.73 Å². The van der Waals surface area contributed by atoms with Crippen LogP contribution in [0, 0.1) is 0 Å². The molecule has 8 heteroatoms. The van der Waals surface area contributed by atoms with Crippen LogP contribution in [-0.4, -0.2) is 43.5 Å². The first-order chi connectivity index (χ1) is 15.0. The van der Waals surface area contributed by atoms with E-state index in [1.807, 2.05) is 12.1 Å². The zero-order valence-corrected chi connectivity index (χ0v) is 18.4. The highest BCUT2D eigenvalue weighted by Gasteiger charge is 2.17. The van der Waals surface area contributed by atoms with Gasteiger partial charge in [-0.1, -0.05) is 42.3 Å². The van der Waals surface area contributed by atoms with Crippen molar-refractivity contribution >= 4 is 23.4 Å². The van der Waals surface area contributed by atoms with Gasteiger partial charge in [-0.2, -0.15) is 0 Å². The quantitative estimate of drug-likeness (QED) is 0.618. The number of hydrogen-bond acceptors (Lipinski definition) is 5. The number of halogens is 1. The fourth-order valence-electron chi connectivity index (χ4n) is 3.56. The average molecular weight is 446 g/mol. The van der Waals surface area contributed by atoms with Gasteiger partial charge in [0.1, 0.15) is 0 Å². The number of nitrogens with one attached hydrogen (secondary N) is 1. The number of ether oxygens (including phenoxy) is 2. The Balaban J connectivity index is 1.58. The van der Waals surface area contributed by atoms with E-state index in [1.165, 1.54) is 44.1 Å². The number of nitrogens with zero attached hydrogens (tertiary/aromatic N) is 1. The molecule has 0 aliphatic carbocycles. The third-order valence-corrected chi connectivity index (χ3v) is 5.46. The van der Waals surface area contributed by atoms with Crippen molar-refractivity contribution in [1.82, 2.24) is 10.2 Å². The van der Waals surface area contributed by atoms with Gasteiger partial charge in [0.05, 0.1) is 12.1 Å². The van der Waals surface area contributed by atoms with Crippen molar-refractivity contribution in [3.63, 3.8) is 0 Å². The van der Waals surface area contributed by atoms with Gasteiger partial charge in [-0.3, -0.25) is 14.5 Å². The molecule has 1 aliphatic rings. The van der Waals surface area contributed by atoms with Crippen molar-refractivity contribution in [3.8, 4) is 11.5 Å². The van der Waals surface area contributed by atoms with Gasteiger partial charge >= 0.3 is 0 Å². The fourth-order valence-corrected chi connectivity index (χ4v) is 3.82. The van der Waals surface area contributed by atoms with Crippen LogP contribution in [0.15, 0.2) is 36.4 Å². The molecule has 0 saturated carbocycles. The Bertz CT molecular complexity index is 912. The summed E-state index contributed by atoms with van der Waals surface area (Å²) < 4.78 is 10.5. The SMILES string of the molecule is COc1cc(C(=O)NCc2ccc(CN3CCCCC3)cc2)cc(Cl)c1OCC(N)=O. The van der Waals surface area contributed by atoms with Crippen molar-refractivity contribution in [2.75, 3.05) is 26.8 Å². The van der Waals surface area contributed by atoms with Gasteiger partial charge in [0.2, 0.25) is 0 Å². The molecule has 31 heavy (non-hydrogen) atoms. The molecular formula is C23H28ClN3O4. The third kappa shape index (κ3) is 6.60. The monoisotopic (exact) mass is 445 g/mol. The minimum atomic E-state index is -0.637. The highest BCUT2D eigenvalue weighted by Crippen LogP contribution is 2.36. The minimum absolute atomic E-state index is 0.160. The van der Waals surface area contributed by atoms with Gasteiger partial charge in [0, 0.05) is 18.7 Å². The van der Waals surface area contributed by atoms with E-state index in [2.05, 4.69) is 22.3 Å². The lowest BCUT2D eigenvalue weighted by Crippen LogP contribution is -2.29. The number of benzene rings is 2. The number of nitrogens with two attached hydrogens (primary N) is 1. The van der Waals surface area contributed by atoms with E-state index in [0.717, 1.165) is 25.2 Å². The van der Waals surface area contributed by atoms with E-state index in [9.17, 15) is 9.59 Å². The summed E-state index contributed by atoms with van der Waals surface area (Å²) in [6, 6.07) is 11.3. The number of piperidine rings is 1. The molecule has 1 fully saturated rings. The fraction of sp³-hybridized carbons (Fsp3) is 0.391. The maximum atomic E-state index is 12.6. The van der Waals surface area contributed by atoms with Gasteiger partial charge in [-0.05, 0) is 49.2 Å². The highest BCUT2D eigenvalue weighted by molar-refractivity contribution is 6.32. The minimum Gasteiger partial charge on any atom is -0.493 e. The van der Waals surface area contributed by atoms with Gasteiger partial charge in [0.25, 0.3) is 11.8 Å². The maximum Gasteiger partial charge on any atom is 0.255 e. The Labute approximate surface area is 187 Å². The first kappa shape index (κ1) is 22.9. The maximum absolute atomic E-state index is 12.6. The Morgan fingerprint density at radius 2 is 1.77 bits per heavy atom. The molecule has 1 saturated heterocycles. The van der Waals surface area contributed by atoms with Crippen LogP contribution in [-0.2, 0) is 17.9 Å². The summed E-state index contributed by atoms with van der Waals surface area (Å²) in [5.41, 5.74) is 7.71. The Morgan fingerprint density at radius 1 is 1.10 bits per heavy atom. The van der Waals surface area contributed by atoms with Crippen molar-refractivity contribution < 1.29 is 19.1 Å². The lowest BCUT2D eigenvalue weighted by molar-refractivity contribution is -0.119. The van der Waals surface area contributed by atoms with E-state index in [4.69, 9.17) is 26.8 Å². The first-order valence-corrected chi connectivity index (χ1v) is 10.7. The van der Waals surface area contributed by atoms with E-state index >= 15 is 0 Å². The lowest BCUT2D eigenvalue weighted by atomic mass is 10.1. The molecule has 3 rings (SSSR count). The van der Waals surface area contributed by atoms with E-state index < -0.39 is 5.91 Å². The number of likely N-dealkylation sites (tertiary alicyclic amines) is 1. The summed E-state index contributed by atoms with van der Waals surface area (Å²) in [6.45, 7) is 3.35. The Morgan fingerprint density at radius 3 is 2.42 bits per heavy atom. The normalized spacial score (nSPS) is 14.1. The molecule has 0 spiro atoms. The summed E-state index contributed by atoms with van der Waals surface area (Å²) in [5, 5.41) is 3.05. The number of primary amides is 1. The van der Waals surface area contributed by atoms with Crippen LogP contribution < -0.4 is 20.5 Å². The second-order valence-corrected chi connectivity index (χ2v) is 7.99. The van der Waals surface area contributed by atoms with Crippen molar-refractivity contribution in [2.45, 2.75) is 32.4 Å². The number of rotatable bonds is 9. The molecule has 0 atom stereocenters. The number of carbonyl (C=O) groups is 2. The van der Waals surface area contributed by atoms with Gasteiger partial charge in [-0.15, -0.1) is 0 Å². The van der Waals surface area contributed by atoms with Crippen LogP contribution >= 0.6 is 11.6 Å². The molecule has 1 heterocycles. The van der Waals surface area contributed by atoms with Gasteiger partial charge < -0.3 is 20.5 Å². The zero-order chi connectivity index (χ0) is 22.2. The summed E-state index contributed by atoms with van der Waals surface area (Å²) in [6.07, 6.45) is 3.88. The molecule has 166 valence electrons. The summed E-state index contributed by atoms with van der Waals surface area (Å²) in [4.78, 5) is 26.0. The second kappa shape index (κ2) is 11.0. The number of carbonyl (C=O) groups excluding carboxylic acids is 2. The van der Waals surface area contributed by atoms with Crippen LogP contribution in [0.2, 0.25) is 5.02 Å². The zero-order valence-electron chi connectivity index (χ0n) is 17.7. The average Bonchev–Trinajstić information content (AvgIpc) is 2.77.